The highest BCUT2D eigenvalue weighted by molar-refractivity contribution is 7.92. The molecule has 0 aromatic heterocycles. The van der Waals surface area contributed by atoms with E-state index in [1.807, 2.05) is 32.0 Å². The lowest BCUT2D eigenvalue weighted by Crippen LogP contribution is -2.41. The van der Waals surface area contributed by atoms with Crippen LogP contribution in [0.15, 0.2) is 42.5 Å². The number of anilines is 1. The summed E-state index contributed by atoms with van der Waals surface area (Å²) in [6.07, 6.45) is 1.03. The average Bonchev–Trinajstić information content (AvgIpc) is 2.55. The van der Waals surface area contributed by atoms with Crippen LogP contribution < -0.4 is 14.4 Å². The molecule has 146 valence electrons. The first-order valence-electron chi connectivity index (χ1n) is 8.37. The Morgan fingerprint density at radius 2 is 1.78 bits per heavy atom. The van der Waals surface area contributed by atoms with Gasteiger partial charge in [0, 0.05) is 0 Å². The van der Waals surface area contributed by atoms with Crippen molar-refractivity contribution in [1.29, 1.82) is 0 Å². The molecule has 0 fully saturated rings. The lowest BCUT2D eigenvalue weighted by atomic mass is 10.1. The van der Waals surface area contributed by atoms with Crippen LogP contribution in [0, 0.1) is 13.8 Å². The van der Waals surface area contributed by atoms with Gasteiger partial charge in [0.2, 0.25) is 15.9 Å². The Bertz CT molecular complexity index is 895. The van der Waals surface area contributed by atoms with Gasteiger partial charge >= 0.3 is 0 Å². The Labute approximate surface area is 165 Å². The summed E-state index contributed by atoms with van der Waals surface area (Å²) in [5.74, 6) is 0.292. The van der Waals surface area contributed by atoms with Crippen LogP contribution in [0.4, 0.5) is 5.69 Å². The van der Waals surface area contributed by atoms with Crippen LogP contribution in [0.1, 0.15) is 11.1 Å². The summed E-state index contributed by atoms with van der Waals surface area (Å²) in [5.41, 5.74) is 2.46. The average molecular weight is 411 g/mol. The second kappa shape index (κ2) is 9.10. The highest BCUT2D eigenvalue weighted by Gasteiger charge is 2.22. The van der Waals surface area contributed by atoms with Crippen molar-refractivity contribution in [3.8, 4) is 5.75 Å². The lowest BCUT2D eigenvalue weighted by molar-refractivity contribution is -0.119. The summed E-state index contributed by atoms with van der Waals surface area (Å²) in [7, 11) is -3.66. The minimum Gasteiger partial charge on any atom is -0.492 e. The number of aryl methyl sites for hydroxylation is 2. The maximum atomic E-state index is 12.2. The van der Waals surface area contributed by atoms with Crippen molar-refractivity contribution in [3.05, 3.63) is 58.6 Å². The van der Waals surface area contributed by atoms with Gasteiger partial charge in [0.15, 0.2) is 0 Å². The molecule has 6 nitrogen and oxygen atoms in total. The normalized spacial score (nSPS) is 11.1. The first-order valence-corrected chi connectivity index (χ1v) is 10.6. The van der Waals surface area contributed by atoms with Crippen molar-refractivity contribution in [3.63, 3.8) is 0 Å². The van der Waals surface area contributed by atoms with Crippen LogP contribution in [-0.2, 0) is 14.8 Å². The van der Waals surface area contributed by atoms with Gasteiger partial charge in [0.25, 0.3) is 0 Å². The number of carbonyl (C=O) groups is 1. The number of ether oxygens (including phenoxy) is 1. The molecule has 27 heavy (non-hydrogen) atoms. The second-order valence-corrected chi connectivity index (χ2v) is 8.56. The van der Waals surface area contributed by atoms with Crippen LogP contribution in [0.3, 0.4) is 0 Å². The van der Waals surface area contributed by atoms with Crippen molar-refractivity contribution in [2.45, 2.75) is 13.8 Å². The zero-order valence-corrected chi connectivity index (χ0v) is 17.1. The Morgan fingerprint density at radius 3 is 2.37 bits per heavy atom. The maximum Gasteiger partial charge on any atom is 0.240 e. The highest BCUT2D eigenvalue weighted by Crippen LogP contribution is 2.26. The van der Waals surface area contributed by atoms with E-state index in [2.05, 4.69) is 5.32 Å². The van der Waals surface area contributed by atoms with Gasteiger partial charge in [-0.05, 0) is 49.2 Å². The number of sulfonamides is 1. The molecular weight excluding hydrogens is 388 g/mol. The molecule has 0 atom stereocenters. The number of halogens is 1. The summed E-state index contributed by atoms with van der Waals surface area (Å²) < 4.78 is 30.7. The molecule has 0 spiro atoms. The Kier molecular flexibility index (Phi) is 7.10. The largest absolute Gasteiger partial charge is 0.492 e. The molecule has 2 aromatic carbocycles. The van der Waals surface area contributed by atoms with E-state index in [-0.39, 0.29) is 30.4 Å². The fourth-order valence-electron chi connectivity index (χ4n) is 2.60. The molecule has 8 heteroatoms. The maximum absolute atomic E-state index is 12.2. The predicted octanol–water partition coefficient (Wildman–Crippen LogP) is 2.92. The Morgan fingerprint density at radius 1 is 1.15 bits per heavy atom. The minimum absolute atomic E-state index is 0.256. The monoisotopic (exact) mass is 410 g/mol. The third-order valence-corrected chi connectivity index (χ3v) is 5.14. The van der Waals surface area contributed by atoms with Gasteiger partial charge in [-0.2, -0.15) is 0 Å². The van der Waals surface area contributed by atoms with Gasteiger partial charge in [0.1, 0.15) is 18.9 Å². The third kappa shape index (κ3) is 6.45. The molecule has 2 aromatic rings. The fourth-order valence-corrected chi connectivity index (χ4v) is 3.75. The van der Waals surface area contributed by atoms with E-state index in [9.17, 15) is 13.2 Å². The van der Waals surface area contributed by atoms with Gasteiger partial charge in [-0.3, -0.25) is 9.10 Å². The molecule has 1 amide bonds. The smallest absolute Gasteiger partial charge is 0.240 e. The first kappa shape index (κ1) is 21.1. The van der Waals surface area contributed by atoms with Crippen LogP contribution >= 0.6 is 11.6 Å². The molecule has 0 aliphatic heterocycles. The van der Waals surface area contributed by atoms with Crippen LogP contribution in [0.2, 0.25) is 5.02 Å². The lowest BCUT2D eigenvalue weighted by Gasteiger charge is -2.22. The summed E-state index contributed by atoms with van der Waals surface area (Å²) in [6.45, 7) is 4.14. The molecule has 0 radical (unpaired) electrons. The summed E-state index contributed by atoms with van der Waals surface area (Å²) >= 11 is 6.07. The summed E-state index contributed by atoms with van der Waals surface area (Å²) in [5, 5.41) is 2.92. The number of amides is 1. The van der Waals surface area contributed by atoms with Gasteiger partial charge in [-0.1, -0.05) is 29.8 Å². The molecule has 0 saturated carbocycles. The molecule has 0 aliphatic carbocycles. The van der Waals surface area contributed by atoms with Gasteiger partial charge < -0.3 is 10.1 Å². The molecular formula is C19H23ClN2O4S. The fraction of sp³-hybridized carbons (Fsp3) is 0.316. The third-order valence-electron chi connectivity index (χ3n) is 3.70. The Hall–Kier alpha value is -2.25. The molecule has 2 rings (SSSR count). The number of carbonyl (C=O) groups excluding carboxylic acids is 1. The van der Waals surface area contributed by atoms with Gasteiger partial charge in [-0.25, -0.2) is 8.42 Å². The topological polar surface area (TPSA) is 75.7 Å². The standard InChI is InChI=1S/C19H23ClN2O4S/c1-14-10-15(2)12-16(11-14)26-9-8-21-19(23)13-22(27(3,24)25)18-7-5-4-6-17(18)20/h4-7,10-12H,8-9,13H2,1-3H3,(H,21,23). The number of para-hydroxylation sites is 1. The van der Waals surface area contributed by atoms with Crippen molar-refractivity contribution in [1.82, 2.24) is 5.32 Å². The van der Waals surface area contributed by atoms with E-state index < -0.39 is 15.9 Å². The van der Waals surface area contributed by atoms with Crippen molar-refractivity contribution in [2.24, 2.45) is 0 Å². The molecule has 1 N–H and O–H groups in total. The molecule has 0 aliphatic rings. The Balaban J connectivity index is 1.92. The molecule has 0 heterocycles. The van der Waals surface area contributed by atoms with E-state index in [4.69, 9.17) is 16.3 Å². The number of hydrogen-bond donors (Lipinski definition) is 1. The number of nitrogens with zero attached hydrogens (tertiary/aromatic N) is 1. The number of rotatable bonds is 8. The number of benzene rings is 2. The van der Waals surface area contributed by atoms with Crippen LogP contribution in [0.5, 0.6) is 5.75 Å². The SMILES string of the molecule is Cc1cc(C)cc(OCCNC(=O)CN(c2ccccc2Cl)S(C)(=O)=O)c1. The van der Waals surface area contributed by atoms with E-state index in [1.54, 1.807) is 24.3 Å². The van der Waals surface area contributed by atoms with Crippen LogP contribution in [-0.4, -0.2) is 40.3 Å². The van der Waals surface area contributed by atoms with E-state index in [0.717, 1.165) is 27.4 Å². The predicted molar refractivity (Wildman–Crippen MR) is 108 cm³/mol. The van der Waals surface area contributed by atoms with Crippen molar-refractivity contribution in [2.75, 3.05) is 30.3 Å². The van der Waals surface area contributed by atoms with E-state index >= 15 is 0 Å². The number of hydrogen-bond acceptors (Lipinski definition) is 4. The van der Waals surface area contributed by atoms with E-state index in [0.29, 0.717) is 0 Å². The van der Waals surface area contributed by atoms with Crippen molar-refractivity contribution < 1.29 is 17.9 Å². The van der Waals surface area contributed by atoms with Crippen LogP contribution in [0.25, 0.3) is 0 Å². The molecule has 0 saturated heterocycles. The quantitative estimate of drug-likeness (QED) is 0.679. The van der Waals surface area contributed by atoms with Crippen molar-refractivity contribution >= 4 is 33.2 Å². The summed E-state index contributed by atoms with van der Waals surface area (Å²) in [6, 6.07) is 12.4. The highest BCUT2D eigenvalue weighted by atomic mass is 35.5. The first-order chi connectivity index (χ1) is 12.7. The number of nitrogens with one attached hydrogen (secondary N) is 1. The molecule has 0 unspecified atom stereocenters. The van der Waals surface area contributed by atoms with E-state index in [1.165, 1.54) is 0 Å². The molecule has 0 bridgehead atoms. The second-order valence-electron chi connectivity index (χ2n) is 6.24. The zero-order chi connectivity index (χ0) is 20.0. The minimum atomic E-state index is -3.66. The van der Waals surface area contributed by atoms with Gasteiger partial charge in [-0.15, -0.1) is 0 Å². The van der Waals surface area contributed by atoms with Gasteiger partial charge in [0.05, 0.1) is 23.5 Å². The summed E-state index contributed by atoms with van der Waals surface area (Å²) in [4.78, 5) is 12.2. The zero-order valence-electron chi connectivity index (χ0n) is 15.5.